The lowest BCUT2D eigenvalue weighted by molar-refractivity contribution is 0.444. The highest BCUT2D eigenvalue weighted by Gasteiger charge is 1.89. The minimum Gasteiger partial charge on any atom is -0.509 e. The molecule has 1 aromatic carbocycles. The number of phenolic OH excluding ortho intramolecular Hbond substituents is 1. The summed E-state index contributed by atoms with van der Waals surface area (Å²) in [7, 11) is 0. The Morgan fingerprint density at radius 2 is 2.00 bits per heavy atom. The molecule has 0 aromatic heterocycles. The van der Waals surface area contributed by atoms with Crippen molar-refractivity contribution in [3.8, 4) is 5.75 Å². The fourth-order valence-electron chi connectivity index (χ4n) is 1.15. The van der Waals surface area contributed by atoms with Gasteiger partial charge in [0, 0.05) is 0 Å². The number of rotatable bonds is 2. The SMILES string of the molecule is C=C/C=c1/ccc(O)c/c1=C/C(=C)O. The van der Waals surface area contributed by atoms with Gasteiger partial charge in [0.25, 0.3) is 0 Å². The molecule has 0 heterocycles. The maximum Gasteiger partial charge on any atom is 0.116 e. The molecule has 0 bridgehead atoms. The van der Waals surface area contributed by atoms with E-state index < -0.39 is 0 Å². The Bertz CT molecular complexity index is 470. The third-order valence-corrected chi connectivity index (χ3v) is 1.69. The van der Waals surface area contributed by atoms with E-state index in [1.54, 1.807) is 30.4 Å². The maximum atomic E-state index is 9.25. The predicted molar refractivity (Wildman–Crippen MR) is 58.3 cm³/mol. The van der Waals surface area contributed by atoms with E-state index in [-0.39, 0.29) is 11.5 Å². The quantitative estimate of drug-likeness (QED) is 0.685. The molecular weight excluding hydrogens is 176 g/mol. The van der Waals surface area contributed by atoms with Crippen LogP contribution in [0.1, 0.15) is 0 Å². The van der Waals surface area contributed by atoms with Crippen LogP contribution >= 0.6 is 0 Å². The normalized spacial score (nSPS) is 12.9. The van der Waals surface area contributed by atoms with E-state index in [4.69, 9.17) is 5.11 Å². The minimum absolute atomic E-state index is 0.0469. The van der Waals surface area contributed by atoms with Gasteiger partial charge >= 0.3 is 0 Å². The molecule has 0 radical (unpaired) electrons. The standard InChI is InChI=1S/C12H12O2/c1-3-4-10-5-6-12(14)8-11(10)7-9(2)13/h3-8,13-14H,1-2H2/b10-4-,11-7-. The number of hydrogen-bond acceptors (Lipinski definition) is 2. The smallest absolute Gasteiger partial charge is 0.116 e. The number of allylic oxidation sites excluding steroid dienone is 2. The molecule has 14 heavy (non-hydrogen) atoms. The number of benzene rings is 1. The van der Waals surface area contributed by atoms with Crippen molar-refractivity contribution in [1.82, 2.24) is 0 Å². The van der Waals surface area contributed by atoms with Crippen LogP contribution < -0.4 is 10.4 Å². The van der Waals surface area contributed by atoms with Crippen LogP contribution in [0.2, 0.25) is 0 Å². The van der Waals surface area contributed by atoms with E-state index >= 15 is 0 Å². The van der Waals surface area contributed by atoms with Gasteiger partial charge in [0.2, 0.25) is 0 Å². The summed E-state index contributed by atoms with van der Waals surface area (Å²) in [6.45, 7) is 6.94. The molecule has 72 valence electrons. The first-order valence-corrected chi connectivity index (χ1v) is 4.15. The van der Waals surface area contributed by atoms with Gasteiger partial charge < -0.3 is 10.2 Å². The van der Waals surface area contributed by atoms with Gasteiger partial charge in [-0.05, 0) is 28.6 Å². The van der Waals surface area contributed by atoms with E-state index in [0.29, 0.717) is 5.22 Å². The van der Waals surface area contributed by atoms with Gasteiger partial charge in [0.05, 0.1) is 0 Å². The van der Waals surface area contributed by atoms with E-state index in [9.17, 15) is 5.11 Å². The fourth-order valence-corrected chi connectivity index (χ4v) is 1.15. The lowest BCUT2D eigenvalue weighted by Gasteiger charge is -1.93. The molecule has 0 atom stereocenters. The lowest BCUT2D eigenvalue weighted by Crippen LogP contribution is -2.23. The first-order chi connectivity index (χ1) is 6.63. The van der Waals surface area contributed by atoms with Crippen LogP contribution in [0.5, 0.6) is 5.75 Å². The zero-order valence-corrected chi connectivity index (χ0v) is 7.77. The molecule has 1 rings (SSSR count). The first kappa shape index (κ1) is 10.1. The van der Waals surface area contributed by atoms with Crippen LogP contribution in [0, 0.1) is 0 Å². The highest BCUT2D eigenvalue weighted by Crippen LogP contribution is 1.98. The summed E-state index contributed by atoms with van der Waals surface area (Å²) >= 11 is 0. The maximum absolute atomic E-state index is 9.25. The summed E-state index contributed by atoms with van der Waals surface area (Å²) in [4.78, 5) is 0. The summed E-state index contributed by atoms with van der Waals surface area (Å²) in [5.74, 6) is 0.105. The second-order valence-electron chi connectivity index (χ2n) is 2.85. The summed E-state index contributed by atoms with van der Waals surface area (Å²) < 4.78 is 0. The first-order valence-electron chi connectivity index (χ1n) is 4.15. The molecule has 0 amide bonds. The number of aliphatic hydroxyl groups excluding tert-OH is 1. The van der Waals surface area contributed by atoms with E-state index in [1.807, 2.05) is 0 Å². The number of aliphatic hydroxyl groups is 1. The van der Waals surface area contributed by atoms with Crippen LogP contribution in [0.15, 0.2) is 43.2 Å². The topological polar surface area (TPSA) is 40.5 Å². The van der Waals surface area contributed by atoms with Crippen molar-refractivity contribution >= 4 is 12.2 Å². The van der Waals surface area contributed by atoms with Crippen molar-refractivity contribution < 1.29 is 10.2 Å². The van der Waals surface area contributed by atoms with Gasteiger partial charge in [-0.25, -0.2) is 0 Å². The summed E-state index contributed by atoms with van der Waals surface area (Å²) in [6.07, 6.45) is 4.91. The highest BCUT2D eigenvalue weighted by molar-refractivity contribution is 5.46. The predicted octanol–water partition coefficient (Wildman–Crippen LogP) is 1.21. The Labute approximate surface area is 82.5 Å². The molecule has 0 aliphatic heterocycles. The van der Waals surface area contributed by atoms with E-state index in [2.05, 4.69) is 13.2 Å². The molecule has 2 nitrogen and oxygen atoms in total. The second kappa shape index (κ2) is 4.33. The molecular formula is C12H12O2. The van der Waals surface area contributed by atoms with Gasteiger partial charge in [0.15, 0.2) is 0 Å². The third-order valence-electron chi connectivity index (χ3n) is 1.69. The molecule has 0 fully saturated rings. The Hall–Kier alpha value is -1.96. The molecule has 0 aliphatic carbocycles. The average molecular weight is 188 g/mol. The van der Waals surface area contributed by atoms with Crippen LogP contribution in [-0.4, -0.2) is 10.2 Å². The highest BCUT2D eigenvalue weighted by atomic mass is 16.3. The average Bonchev–Trinajstić information content (AvgIpc) is 2.09. The molecule has 0 aliphatic rings. The number of hydrogen-bond donors (Lipinski definition) is 2. The Morgan fingerprint density at radius 3 is 2.57 bits per heavy atom. The van der Waals surface area contributed by atoms with Gasteiger partial charge in [0.1, 0.15) is 11.5 Å². The molecule has 0 spiro atoms. The van der Waals surface area contributed by atoms with Crippen molar-refractivity contribution in [2.75, 3.05) is 0 Å². The molecule has 1 aromatic rings. The van der Waals surface area contributed by atoms with E-state index in [1.165, 1.54) is 6.08 Å². The van der Waals surface area contributed by atoms with Crippen molar-refractivity contribution in [3.63, 3.8) is 0 Å². The van der Waals surface area contributed by atoms with Gasteiger partial charge in [-0.2, -0.15) is 0 Å². The zero-order valence-electron chi connectivity index (χ0n) is 7.77. The van der Waals surface area contributed by atoms with Crippen molar-refractivity contribution in [1.29, 1.82) is 0 Å². The van der Waals surface area contributed by atoms with Crippen LogP contribution in [0.3, 0.4) is 0 Å². The number of aromatic hydroxyl groups is 1. The molecule has 0 saturated carbocycles. The Kier molecular flexibility index (Phi) is 3.13. The fraction of sp³-hybridized carbons (Fsp3) is 0. The van der Waals surface area contributed by atoms with Gasteiger partial charge in [-0.3, -0.25) is 0 Å². The van der Waals surface area contributed by atoms with Crippen molar-refractivity contribution in [3.05, 3.63) is 53.6 Å². The van der Waals surface area contributed by atoms with Crippen molar-refractivity contribution in [2.45, 2.75) is 0 Å². The van der Waals surface area contributed by atoms with Crippen molar-refractivity contribution in [2.24, 2.45) is 0 Å². The van der Waals surface area contributed by atoms with E-state index in [0.717, 1.165) is 5.22 Å². The lowest BCUT2D eigenvalue weighted by atomic mass is 10.2. The zero-order chi connectivity index (χ0) is 10.6. The Balaban J connectivity index is 3.53. The molecule has 2 N–H and O–H groups in total. The monoisotopic (exact) mass is 188 g/mol. The summed E-state index contributed by atoms with van der Waals surface area (Å²) in [5.41, 5.74) is 0. The van der Waals surface area contributed by atoms with Gasteiger partial charge in [-0.1, -0.05) is 31.4 Å². The Morgan fingerprint density at radius 1 is 1.29 bits per heavy atom. The van der Waals surface area contributed by atoms with Crippen LogP contribution in [-0.2, 0) is 0 Å². The number of phenols is 1. The minimum atomic E-state index is -0.0469. The largest absolute Gasteiger partial charge is 0.509 e. The molecule has 2 heteroatoms. The summed E-state index contributed by atoms with van der Waals surface area (Å²) in [5, 5.41) is 19.8. The summed E-state index contributed by atoms with van der Waals surface area (Å²) in [6, 6.07) is 4.87. The third kappa shape index (κ3) is 2.52. The second-order valence-corrected chi connectivity index (χ2v) is 2.85. The van der Waals surface area contributed by atoms with Crippen LogP contribution in [0.25, 0.3) is 12.2 Å². The molecule has 0 saturated heterocycles. The van der Waals surface area contributed by atoms with Gasteiger partial charge in [-0.15, -0.1) is 0 Å². The molecule has 0 unspecified atom stereocenters. The van der Waals surface area contributed by atoms with Crippen LogP contribution in [0.4, 0.5) is 0 Å².